The van der Waals surface area contributed by atoms with Gasteiger partial charge in [0, 0.05) is 37.1 Å². The minimum absolute atomic E-state index is 0.0416. The maximum absolute atomic E-state index is 13.1. The van der Waals surface area contributed by atoms with E-state index in [1.165, 1.54) is 17.0 Å². The number of amides is 1. The lowest BCUT2D eigenvalue weighted by Crippen LogP contribution is -2.55. The average molecular weight is 508 g/mol. The molecular formula is C27H33N5O5. The number of H-pyrrole nitrogens is 1. The third-order valence-corrected chi connectivity index (χ3v) is 5.65. The predicted octanol–water partition coefficient (Wildman–Crippen LogP) is 3.73. The molecule has 0 fully saturated rings. The van der Waals surface area contributed by atoms with Gasteiger partial charge in [0.15, 0.2) is 11.3 Å². The van der Waals surface area contributed by atoms with E-state index in [-0.39, 0.29) is 25.1 Å². The first kappa shape index (κ1) is 27.5. The molecule has 2 aromatic heterocycles. The molecule has 0 saturated carbocycles. The van der Waals surface area contributed by atoms with Gasteiger partial charge in [-0.1, -0.05) is 30.3 Å². The summed E-state index contributed by atoms with van der Waals surface area (Å²) in [5.41, 5.74) is 4.98. The number of Topliss-reactive ketones (excluding diaryl/α,β-unsaturated/α-hetero) is 1. The number of carbonyl (C=O) groups excluding carboxylic acids is 2. The summed E-state index contributed by atoms with van der Waals surface area (Å²) in [5, 5.41) is 9.76. The molecule has 1 unspecified atom stereocenters. The summed E-state index contributed by atoms with van der Waals surface area (Å²) < 4.78 is 5.56. The summed E-state index contributed by atoms with van der Waals surface area (Å²) in [7, 11) is 0. The van der Waals surface area contributed by atoms with Gasteiger partial charge in [-0.15, -0.1) is 0 Å². The second-order valence-electron chi connectivity index (χ2n) is 9.85. The van der Waals surface area contributed by atoms with Crippen LogP contribution in [0.3, 0.4) is 0 Å². The molecule has 196 valence electrons. The largest absolute Gasteiger partial charge is 0.480 e. The number of ketones is 1. The van der Waals surface area contributed by atoms with Crippen LogP contribution in [0.1, 0.15) is 61.1 Å². The molecule has 0 aliphatic rings. The van der Waals surface area contributed by atoms with E-state index in [1.807, 2.05) is 12.1 Å². The first-order chi connectivity index (χ1) is 17.5. The van der Waals surface area contributed by atoms with Gasteiger partial charge in [0.1, 0.15) is 11.4 Å². The van der Waals surface area contributed by atoms with Gasteiger partial charge in [0.05, 0.1) is 12.2 Å². The molecule has 0 aliphatic heterocycles. The van der Waals surface area contributed by atoms with E-state index in [9.17, 15) is 19.5 Å². The number of pyridine rings is 1. The van der Waals surface area contributed by atoms with Crippen LogP contribution < -0.4 is 5.73 Å². The Morgan fingerprint density at radius 1 is 1.03 bits per heavy atom. The zero-order valence-electron chi connectivity index (χ0n) is 21.3. The van der Waals surface area contributed by atoms with Crippen molar-refractivity contribution >= 4 is 17.8 Å². The molecule has 0 bridgehead atoms. The fourth-order valence-electron chi connectivity index (χ4n) is 3.73. The molecule has 3 rings (SSSR count). The number of carboxylic acid groups (broad SMARTS) is 1. The number of aryl methyl sites for hydroxylation is 1. The summed E-state index contributed by atoms with van der Waals surface area (Å²) in [6.07, 6.45) is 5.24. The smallest absolute Gasteiger partial charge is 0.410 e. The number of imidazole rings is 1. The number of ether oxygens (including phenoxy) is 1. The van der Waals surface area contributed by atoms with Crippen LogP contribution in [0.2, 0.25) is 0 Å². The van der Waals surface area contributed by atoms with Crippen molar-refractivity contribution < 1.29 is 24.2 Å². The van der Waals surface area contributed by atoms with Gasteiger partial charge >= 0.3 is 12.1 Å². The molecular weight excluding hydrogens is 474 g/mol. The maximum atomic E-state index is 13.1. The van der Waals surface area contributed by atoms with E-state index >= 15 is 0 Å². The quantitative estimate of drug-likeness (QED) is 0.262. The number of rotatable bonds is 11. The standard InChI is InChI=1S/C27H33N5O5/c1-26(2,3)37-25(36)32(18-21-7-4-5-14-29-21)17-19-9-11-20(12-10-19)23(33)27(28,24(34)35)13-6-8-22-30-15-16-31-22/h4-5,7,9-12,14-16H,6,8,13,17-18,28H2,1-3H3,(H,30,31)(H,34,35). The van der Waals surface area contributed by atoms with Gasteiger partial charge in [-0.3, -0.25) is 14.7 Å². The van der Waals surface area contributed by atoms with Gasteiger partial charge in [-0.05, 0) is 51.3 Å². The summed E-state index contributed by atoms with van der Waals surface area (Å²) in [6.45, 7) is 5.81. The predicted molar refractivity (Wildman–Crippen MR) is 137 cm³/mol. The summed E-state index contributed by atoms with van der Waals surface area (Å²) >= 11 is 0. The van der Waals surface area contributed by atoms with E-state index < -0.39 is 29.0 Å². The Hall–Kier alpha value is -4.05. The zero-order valence-corrected chi connectivity index (χ0v) is 21.3. The van der Waals surface area contributed by atoms with Gasteiger partial charge in [-0.25, -0.2) is 14.6 Å². The van der Waals surface area contributed by atoms with Crippen molar-refractivity contribution in [3.8, 4) is 0 Å². The normalized spacial score (nSPS) is 13.0. The molecule has 37 heavy (non-hydrogen) atoms. The average Bonchev–Trinajstić information content (AvgIpc) is 3.36. The first-order valence-electron chi connectivity index (χ1n) is 12.0. The summed E-state index contributed by atoms with van der Waals surface area (Å²) in [4.78, 5) is 50.8. The topological polar surface area (TPSA) is 152 Å². The number of aliphatic carboxylic acids is 1. The molecule has 10 heteroatoms. The number of hydrogen-bond donors (Lipinski definition) is 3. The highest BCUT2D eigenvalue weighted by Crippen LogP contribution is 2.21. The minimum Gasteiger partial charge on any atom is -0.480 e. The molecule has 1 atom stereocenters. The fraction of sp³-hybridized carbons (Fsp3) is 0.370. The minimum atomic E-state index is -2.06. The molecule has 1 amide bonds. The van der Waals surface area contributed by atoms with Gasteiger partial charge in [0.25, 0.3) is 0 Å². The van der Waals surface area contributed by atoms with Crippen LogP contribution in [-0.4, -0.2) is 53.9 Å². The van der Waals surface area contributed by atoms with Crippen LogP contribution in [0.5, 0.6) is 0 Å². The number of hydrogen-bond acceptors (Lipinski definition) is 7. The Bertz CT molecular complexity index is 1190. The van der Waals surface area contributed by atoms with Crippen molar-refractivity contribution in [3.05, 3.63) is 83.7 Å². The Labute approximate surface area is 215 Å². The van der Waals surface area contributed by atoms with Crippen molar-refractivity contribution in [1.29, 1.82) is 0 Å². The van der Waals surface area contributed by atoms with E-state index in [0.29, 0.717) is 24.4 Å². The molecule has 4 N–H and O–H groups in total. The number of nitrogens with zero attached hydrogens (tertiary/aromatic N) is 3. The van der Waals surface area contributed by atoms with Crippen molar-refractivity contribution in [1.82, 2.24) is 19.9 Å². The van der Waals surface area contributed by atoms with Gasteiger partial charge in [0.2, 0.25) is 0 Å². The highest BCUT2D eigenvalue weighted by atomic mass is 16.6. The molecule has 0 aliphatic carbocycles. The van der Waals surface area contributed by atoms with Crippen molar-refractivity contribution in [2.24, 2.45) is 5.73 Å². The molecule has 3 aromatic rings. The summed E-state index contributed by atoms with van der Waals surface area (Å²) in [6, 6.07) is 11.9. The third kappa shape index (κ3) is 7.71. The van der Waals surface area contributed by atoms with Gasteiger partial charge < -0.3 is 20.6 Å². The lowest BCUT2D eigenvalue weighted by atomic mass is 9.85. The van der Waals surface area contributed by atoms with Crippen LogP contribution in [0.15, 0.2) is 61.1 Å². The van der Waals surface area contributed by atoms with E-state index in [4.69, 9.17) is 10.5 Å². The number of aromatic amines is 1. The SMILES string of the molecule is CC(C)(C)OC(=O)N(Cc1ccc(C(=O)C(N)(CCCc2ncc[nH]2)C(=O)O)cc1)Cc1ccccn1. The van der Waals surface area contributed by atoms with Crippen molar-refractivity contribution in [2.45, 2.75) is 64.3 Å². The molecule has 2 heterocycles. The third-order valence-electron chi connectivity index (χ3n) is 5.65. The second-order valence-corrected chi connectivity index (χ2v) is 9.85. The van der Waals surface area contributed by atoms with Crippen molar-refractivity contribution in [3.63, 3.8) is 0 Å². The van der Waals surface area contributed by atoms with Crippen LogP contribution in [0.4, 0.5) is 4.79 Å². The highest BCUT2D eigenvalue weighted by molar-refractivity contribution is 6.15. The zero-order chi connectivity index (χ0) is 27.1. The second kappa shape index (κ2) is 11.8. The van der Waals surface area contributed by atoms with Gasteiger partial charge in [-0.2, -0.15) is 0 Å². The van der Waals surface area contributed by atoms with Crippen molar-refractivity contribution in [2.75, 3.05) is 0 Å². The first-order valence-corrected chi connectivity index (χ1v) is 12.0. The molecule has 0 radical (unpaired) electrons. The highest BCUT2D eigenvalue weighted by Gasteiger charge is 2.42. The number of benzene rings is 1. The Morgan fingerprint density at radius 3 is 2.32 bits per heavy atom. The number of carbonyl (C=O) groups is 3. The van der Waals surface area contributed by atoms with E-state index in [1.54, 1.807) is 57.6 Å². The molecule has 0 saturated heterocycles. The monoisotopic (exact) mass is 507 g/mol. The van der Waals surface area contributed by atoms with Crippen LogP contribution in [0, 0.1) is 0 Å². The molecule has 0 spiro atoms. The fourth-order valence-corrected chi connectivity index (χ4v) is 3.73. The Kier molecular flexibility index (Phi) is 8.77. The Morgan fingerprint density at radius 2 is 1.76 bits per heavy atom. The van der Waals surface area contributed by atoms with Crippen LogP contribution in [0.25, 0.3) is 0 Å². The number of nitrogens with one attached hydrogen (secondary N) is 1. The Balaban J connectivity index is 1.73. The lowest BCUT2D eigenvalue weighted by Gasteiger charge is -2.27. The molecule has 1 aromatic carbocycles. The van der Waals surface area contributed by atoms with Crippen LogP contribution >= 0.6 is 0 Å². The van der Waals surface area contributed by atoms with E-state index in [0.717, 1.165) is 5.56 Å². The number of carboxylic acids is 1. The van der Waals surface area contributed by atoms with Crippen LogP contribution in [-0.2, 0) is 29.0 Å². The number of nitrogens with two attached hydrogens (primary N) is 1. The van der Waals surface area contributed by atoms with E-state index in [2.05, 4.69) is 15.0 Å². The molecule has 10 nitrogen and oxygen atoms in total. The lowest BCUT2D eigenvalue weighted by molar-refractivity contribution is -0.141. The maximum Gasteiger partial charge on any atom is 0.410 e. The number of aromatic nitrogens is 3. The summed E-state index contributed by atoms with van der Waals surface area (Å²) in [5.74, 6) is -1.36.